The number of carbonyl (C=O) groups excluding carboxylic acids is 1. The topological polar surface area (TPSA) is 29.1 Å². The van der Waals surface area contributed by atoms with Crippen LogP contribution in [0.1, 0.15) is 32.4 Å². The van der Waals surface area contributed by atoms with Crippen LogP contribution >= 0.6 is 15.9 Å². The summed E-state index contributed by atoms with van der Waals surface area (Å²) in [5, 5.41) is 2.99. The van der Waals surface area contributed by atoms with Gasteiger partial charge in [0.25, 0.3) is 0 Å². The molecule has 0 radical (unpaired) electrons. The van der Waals surface area contributed by atoms with Gasteiger partial charge in [-0.3, -0.25) is 4.79 Å². The van der Waals surface area contributed by atoms with E-state index in [0.29, 0.717) is 5.92 Å². The molecule has 0 aliphatic heterocycles. The first-order valence-electron chi connectivity index (χ1n) is 5.51. The second kappa shape index (κ2) is 6.04. The highest BCUT2D eigenvalue weighted by molar-refractivity contribution is 9.10. The zero-order chi connectivity index (χ0) is 12.1. The first-order chi connectivity index (χ1) is 7.52. The first-order valence-corrected chi connectivity index (χ1v) is 6.43. The van der Waals surface area contributed by atoms with Crippen molar-refractivity contribution in [3.63, 3.8) is 0 Å². The molecule has 2 nitrogen and oxygen atoms in total. The smallest absolute Gasteiger partial charge is 0.234 e. The van der Waals surface area contributed by atoms with Crippen LogP contribution in [0.4, 0.5) is 0 Å². The van der Waals surface area contributed by atoms with Gasteiger partial charge in [-0.15, -0.1) is 0 Å². The summed E-state index contributed by atoms with van der Waals surface area (Å²) in [6.07, 6.45) is 0. The van der Waals surface area contributed by atoms with Crippen molar-refractivity contribution in [2.75, 3.05) is 0 Å². The van der Waals surface area contributed by atoms with E-state index in [-0.39, 0.29) is 16.8 Å². The Kier molecular flexibility index (Phi) is 5.00. The van der Waals surface area contributed by atoms with Crippen LogP contribution in [0.25, 0.3) is 0 Å². The zero-order valence-electron chi connectivity index (χ0n) is 9.91. The molecule has 0 spiro atoms. The Morgan fingerprint density at radius 1 is 1.19 bits per heavy atom. The van der Waals surface area contributed by atoms with Gasteiger partial charge in [0.05, 0.1) is 10.9 Å². The van der Waals surface area contributed by atoms with Crippen LogP contribution in [0.15, 0.2) is 30.3 Å². The Labute approximate surface area is 106 Å². The molecular weight excluding hydrogens is 266 g/mol. The van der Waals surface area contributed by atoms with Crippen LogP contribution in [0.2, 0.25) is 0 Å². The molecule has 88 valence electrons. The van der Waals surface area contributed by atoms with Gasteiger partial charge in [-0.05, 0) is 18.4 Å². The highest BCUT2D eigenvalue weighted by Gasteiger charge is 2.20. The first kappa shape index (κ1) is 13.2. The maximum absolute atomic E-state index is 11.8. The van der Waals surface area contributed by atoms with Crippen molar-refractivity contribution >= 4 is 21.8 Å². The predicted molar refractivity (Wildman–Crippen MR) is 70.6 cm³/mol. The molecular formula is C13H18BrNO. The molecule has 0 aliphatic carbocycles. The summed E-state index contributed by atoms with van der Waals surface area (Å²) in [7, 11) is 0. The number of carbonyl (C=O) groups is 1. The van der Waals surface area contributed by atoms with Gasteiger partial charge in [-0.1, -0.05) is 60.1 Å². The van der Waals surface area contributed by atoms with E-state index in [9.17, 15) is 4.79 Å². The summed E-state index contributed by atoms with van der Waals surface area (Å²) in [6, 6.07) is 10.0. The molecule has 1 aromatic carbocycles. The lowest BCUT2D eigenvalue weighted by molar-refractivity contribution is -0.121. The van der Waals surface area contributed by atoms with E-state index in [1.807, 2.05) is 51.1 Å². The number of nitrogens with one attached hydrogen (secondary N) is 1. The minimum absolute atomic E-state index is 0.0475. The number of hydrogen-bond donors (Lipinski definition) is 1. The zero-order valence-corrected chi connectivity index (χ0v) is 11.5. The van der Waals surface area contributed by atoms with Crippen LogP contribution in [-0.4, -0.2) is 10.7 Å². The van der Waals surface area contributed by atoms with E-state index >= 15 is 0 Å². The summed E-state index contributed by atoms with van der Waals surface area (Å²) in [5.41, 5.74) is 1.12. The fraction of sp³-hybridized carbons (Fsp3) is 0.462. The summed E-state index contributed by atoms with van der Waals surface area (Å²) in [6.45, 7) is 6.03. The Hall–Kier alpha value is -0.830. The fourth-order valence-corrected chi connectivity index (χ4v) is 1.55. The van der Waals surface area contributed by atoms with Gasteiger partial charge < -0.3 is 5.32 Å². The molecule has 3 heteroatoms. The van der Waals surface area contributed by atoms with Gasteiger partial charge in [-0.2, -0.15) is 0 Å². The van der Waals surface area contributed by atoms with E-state index in [1.165, 1.54) is 0 Å². The largest absolute Gasteiger partial charge is 0.349 e. The van der Waals surface area contributed by atoms with Gasteiger partial charge >= 0.3 is 0 Å². The number of benzene rings is 1. The summed E-state index contributed by atoms with van der Waals surface area (Å²) < 4.78 is 0. The molecule has 1 unspecified atom stereocenters. The van der Waals surface area contributed by atoms with Crippen molar-refractivity contribution in [1.29, 1.82) is 0 Å². The van der Waals surface area contributed by atoms with Gasteiger partial charge in [0.15, 0.2) is 0 Å². The number of amides is 1. The molecule has 0 bridgehead atoms. The molecule has 1 aromatic rings. The van der Waals surface area contributed by atoms with Crippen LogP contribution in [0.5, 0.6) is 0 Å². The van der Waals surface area contributed by atoms with Gasteiger partial charge in [0, 0.05) is 0 Å². The quantitative estimate of drug-likeness (QED) is 0.845. The minimum Gasteiger partial charge on any atom is -0.349 e. The van der Waals surface area contributed by atoms with Gasteiger partial charge in [-0.25, -0.2) is 0 Å². The molecule has 16 heavy (non-hydrogen) atoms. The van der Waals surface area contributed by atoms with E-state index < -0.39 is 0 Å². The van der Waals surface area contributed by atoms with Crippen molar-refractivity contribution in [1.82, 2.24) is 5.32 Å². The summed E-state index contributed by atoms with van der Waals surface area (Å²) in [5.74, 6) is 0.342. The van der Waals surface area contributed by atoms with Crippen LogP contribution in [-0.2, 0) is 4.79 Å². The standard InChI is InChI=1S/C13H18BrNO/c1-9(2)12(14)13(16)15-10(3)11-7-5-4-6-8-11/h4-10,12H,1-3H3,(H,15,16)/t10-,12?/m1/s1. The summed E-state index contributed by atoms with van der Waals surface area (Å²) >= 11 is 3.40. The van der Waals surface area contributed by atoms with Crippen molar-refractivity contribution < 1.29 is 4.79 Å². The monoisotopic (exact) mass is 283 g/mol. The van der Waals surface area contributed by atoms with Crippen molar-refractivity contribution in [3.8, 4) is 0 Å². The lowest BCUT2D eigenvalue weighted by Gasteiger charge is -2.18. The van der Waals surface area contributed by atoms with Crippen LogP contribution < -0.4 is 5.32 Å². The average Bonchev–Trinajstić information content (AvgIpc) is 2.28. The SMILES string of the molecule is CC(C)C(Br)C(=O)N[C@H](C)c1ccccc1. The molecule has 0 aromatic heterocycles. The highest BCUT2D eigenvalue weighted by atomic mass is 79.9. The van der Waals surface area contributed by atoms with Crippen LogP contribution in [0.3, 0.4) is 0 Å². The molecule has 0 fully saturated rings. The fourth-order valence-electron chi connectivity index (χ4n) is 1.42. The minimum atomic E-state index is -0.126. The molecule has 1 rings (SSSR count). The third kappa shape index (κ3) is 3.63. The average molecular weight is 284 g/mol. The van der Waals surface area contributed by atoms with E-state index in [4.69, 9.17) is 0 Å². The number of rotatable bonds is 4. The molecule has 0 saturated carbocycles. The molecule has 2 atom stereocenters. The van der Waals surface area contributed by atoms with Crippen molar-refractivity contribution in [2.45, 2.75) is 31.6 Å². The van der Waals surface area contributed by atoms with Gasteiger partial charge in [0.2, 0.25) is 5.91 Å². The lowest BCUT2D eigenvalue weighted by atomic mass is 10.1. The predicted octanol–water partition coefficient (Wildman–Crippen LogP) is 3.28. The van der Waals surface area contributed by atoms with Crippen molar-refractivity contribution in [3.05, 3.63) is 35.9 Å². The third-order valence-corrected chi connectivity index (χ3v) is 3.97. The van der Waals surface area contributed by atoms with Gasteiger partial charge in [0.1, 0.15) is 0 Å². The Morgan fingerprint density at radius 3 is 2.25 bits per heavy atom. The van der Waals surface area contributed by atoms with E-state index in [1.54, 1.807) is 0 Å². The molecule has 0 saturated heterocycles. The Bertz CT molecular complexity index is 337. The highest BCUT2D eigenvalue weighted by Crippen LogP contribution is 2.16. The second-order valence-corrected chi connectivity index (χ2v) is 5.27. The maximum Gasteiger partial charge on any atom is 0.234 e. The third-order valence-electron chi connectivity index (χ3n) is 2.49. The number of hydrogen-bond acceptors (Lipinski definition) is 1. The number of halogens is 1. The number of alkyl halides is 1. The normalized spacial score (nSPS) is 14.6. The Balaban J connectivity index is 2.58. The second-order valence-electron chi connectivity index (χ2n) is 4.29. The Morgan fingerprint density at radius 2 is 1.75 bits per heavy atom. The van der Waals surface area contributed by atoms with Crippen LogP contribution in [0, 0.1) is 5.92 Å². The molecule has 0 aliphatic rings. The maximum atomic E-state index is 11.8. The van der Waals surface area contributed by atoms with Crippen molar-refractivity contribution in [2.24, 2.45) is 5.92 Å². The van der Waals surface area contributed by atoms with E-state index in [0.717, 1.165) is 5.56 Å². The molecule has 1 N–H and O–H groups in total. The molecule has 0 heterocycles. The summed E-state index contributed by atoms with van der Waals surface area (Å²) in [4.78, 5) is 11.7. The van der Waals surface area contributed by atoms with E-state index in [2.05, 4.69) is 21.2 Å². The molecule has 1 amide bonds. The lowest BCUT2D eigenvalue weighted by Crippen LogP contribution is -2.35.